The Morgan fingerprint density at radius 3 is 2.67 bits per heavy atom. The summed E-state index contributed by atoms with van der Waals surface area (Å²) in [5.41, 5.74) is 3.54. The Kier molecular flexibility index (Phi) is 2.96. The van der Waals surface area contributed by atoms with Crippen LogP contribution in [0.25, 0.3) is 0 Å². The first-order chi connectivity index (χ1) is 8.72. The highest BCUT2D eigenvalue weighted by Crippen LogP contribution is 2.32. The molecule has 0 fully saturated rings. The van der Waals surface area contributed by atoms with Crippen LogP contribution in [0.4, 0.5) is 10.1 Å². The van der Waals surface area contributed by atoms with Gasteiger partial charge >= 0.3 is 0 Å². The van der Waals surface area contributed by atoms with Crippen molar-refractivity contribution < 1.29 is 4.39 Å². The average Bonchev–Trinajstić information content (AvgIpc) is 2.38. The van der Waals surface area contributed by atoms with E-state index in [0.29, 0.717) is 5.92 Å². The van der Waals surface area contributed by atoms with E-state index in [1.54, 1.807) is 0 Å². The van der Waals surface area contributed by atoms with Crippen LogP contribution in [0.1, 0.15) is 17.0 Å². The van der Waals surface area contributed by atoms with Crippen LogP contribution in [0.15, 0.2) is 42.5 Å². The summed E-state index contributed by atoms with van der Waals surface area (Å²) in [6, 6.07) is 12.7. The van der Waals surface area contributed by atoms with Gasteiger partial charge in [0.15, 0.2) is 0 Å². The maximum Gasteiger partial charge on any atom is 0.123 e. The summed E-state index contributed by atoms with van der Waals surface area (Å²) >= 11 is 6.01. The number of rotatable bonds is 1. The zero-order valence-electron chi connectivity index (χ0n) is 9.79. The van der Waals surface area contributed by atoms with Gasteiger partial charge in [-0.2, -0.15) is 0 Å². The van der Waals surface area contributed by atoms with Crippen molar-refractivity contribution in [2.75, 3.05) is 11.9 Å². The lowest BCUT2D eigenvalue weighted by Crippen LogP contribution is -2.21. The summed E-state index contributed by atoms with van der Waals surface area (Å²) in [4.78, 5) is 0. The fraction of sp³-hybridized carbons (Fsp3) is 0.200. The molecule has 1 unspecified atom stereocenters. The van der Waals surface area contributed by atoms with Crippen LogP contribution in [0.5, 0.6) is 0 Å². The Morgan fingerprint density at radius 2 is 1.89 bits per heavy atom. The van der Waals surface area contributed by atoms with Crippen LogP contribution >= 0.6 is 11.6 Å². The van der Waals surface area contributed by atoms with Crippen LogP contribution in [0, 0.1) is 5.82 Å². The van der Waals surface area contributed by atoms with Gasteiger partial charge in [-0.1, -0.05) is 23.7 Å². The van der Waals surface area contributed by atoms with Gasteiger partial charge in [0.1, 0.15) is 5.82 Å². The summed E-state index contributed by atoms with van der Waals surface area (Å²) in [6.45, 7) is 0.875. The van der Waals surface area contributed by atoms with Gasteiger partial charge in [0.2, 0.25) is 0 Å². The Bertz CT molecular complexity index is 565. The van der Waals surface area contributed by atoms with Gasteiger partial charge in [-0.3, -0.25) is 0 Å². The minimum atomic E-state index is -0.189. The summed E-state index contributed by atoms with van der Waals surface area (Å²) in [7, 11) is 0. The molecule has 3 heteroatoms. The largest absolute Gasteiger partial charge is 0.384 e. The zero-order valence-corrected chi connectivity index (χ0v) is 10.5. The molecule has 1 nitrogen and oxygen atoms in total. The molecule has 2 aromatic rings. The van der Waals surface area contributed by atoms with E-state index in [0.717, 1.165) is 29.2 Å². The molecule has 3 rings (SSSR count). The smallest absolute Gasteiger partial charge is 0.123 e. The van der Waals surface area contributed by atoms with E-state index >= 15 is 0 Å². The maximum absolute atomic E-state index is 12.9. The van der Waals surface area contributed by atoms with E-state index in [2.05, 4.69) is 5.32 Å². The molecule has 0 saturated carbocycles. The van der Waals surface area contributed by atoms with E-state index in [4.69, 9.17) is 11.6 Å². The topological polar surface area (TPSA) is 12.0 Å². The zero-order chi connectivity index (χ0) is 12.5. The first-order valence-corrected chi connectivity index (χ1v) is 6.38. The normalized spacial score (nSPS) is 18.0. The third-order valence-corrected chi connectivity index (χ3v) is 3.65. The number of hydrogen-bond acceptors (Lipinski definition) is 1. The molecule has 1 atom stereocenters. The second-order valence-corrected chi connectivity index (χ2v) is 5.07. The third-order valence-electron chi connectivity index (χ3n) is 3.41. The summed E-state index contributed by atoms with van der Waals surface area (Å²) in [5, 5.41) is 4.16. The molecule has 18 heavy (non-hydrogen) atoms. The molecule has 92 valence electrons. The lowest BCUT2D eigenvalue weighted by atomic mass is 9.88. The fourth-order valence-electron chi connectivity index (χ4n) is 2.45. The van der Waals surface area contributed by atoms with Crippen molar-refractivity contribution >= 4 is 17.3 Å². The molecule has 2 aromatic carbocycles. The van der Waals surface area contributed by atoms with Crippen molar-refractivity contribution in [3.05, 3.63) is 64.4 Å². The molecule has 1 N–H and O–H groups in total. The monoisotopic (exact) mass is 261 g/mol. The molecule has 1 heterocycles. The Hall–Kier alpha value is -1.54. The van der Waals surface area contributed by atoms with Crippen molar-refractivity contribution in [3.8, 4) is 0 Å². The lowest BCUT2D eigenvalue weighted by molar-refractivity contribution is 0.623. The number of nitrogens with one attached hydrogen (secondary N) is 1. The van der Waals surface area contributed by atoms with Gasteiger partial charge in [0.25, 0.3) is 0 Å². The summed E-state index contributed by atoms with van der Waals surface area (Å²) in [6.07, 6.45) is 0.939. The average molecular weight is 262 g/mol. The van der Waals surface area contributed by atoms with Crippen molar-refractivity contribution in [2.45, 2.75) is 12.3 Å². The van der Waals surface area contributed by atoms with E-state index in [1.165, 1.54) is 17.7 Å². The maximum atomic E-state index is 12.9. The lowest BCUT2D eigenvalue weighted by Gasteiger charge is -2.26. The van der Waals surface area contributed by atoms with Gasteiger partial charge in [0, 0.05) is 23.2 Å². The molecular weight excluding hydrogens is 249 g/mol. The van der Waals surface area contributed by atoms with Gasteiger partial charge in [0.05, 0.1) is 0 Å². The highest BCUT2D eigenvalue weighted by atomic mass is 35.5. The van der Waals surface area contributed by atoms with Crippen molar-refractivity contribution in [1.82, 2.24) is 0 Å². The van der Waals surface area contributed by atoms with Crippen molar-refractivity contribution in [2.24, 2.45) is 0 Å². The van der Waals surface area contributed by atoms with Crippen LogP contribution in [-0.2, 0) is 6.42 Å². The molecule has 0 bridgehead atoms. The molecule has 1 aliphatic rings. The van der Waals surface area contributed by atoms with E-state index in [-0.39, 0.29) is 5.82 Å². The Labute approximate surface area is 111 Å². The summed E-state index contributed by atoms with van der Waals surface area (Å²) in [5.74, 6) is 0.183. The van der Waals surface area contributed by atoms with E-state index in [9.17, 15) is 4.39 Å². The summed E-state index contributed by atoms with van der Waals surface area (Å²) < 4.78 is 12.9. The minimum Gasteiger partial charge on any atom is -0.384 e. The minimum absolute atomic E-state index is 0.189. The molecule has 0 spiro atoms. The highest BCUT2D eigenvalue weighted by molar-refractivity contribution is 6.30. The second kappa shape index (κ2) is 4.62. The number of benzene rings is 2. The van der Waals surface area contributed by atoms with E-state index in [1.807, 2.05) is 30.3 Å². The SMILES string of the molecule is Fc1ccc(C2CNc3ccc(Cl)cc3C2)cc1. The Balaban J connectivity index is 1.88. The van der Waals surface area contributed by atoms with Gasteiger partial charge in [-0.25, -0.2) is 4.39 Å². The van der Waals surface area contributed by atoms with Crippen LogP contribution < -0.4 is 5.32 Å². The van der Waals surface area contributed by atoms with Crippen LogP contribution in [0.2, 0.25) is 5.02 Å². The number of hydrogen-bond donors (Lipinski definition) is 1. The van der Waals surface area contributed by atoms with Crippen molar-refractivity contribution in [3.63, 3.8) is 0 Å². The molecule has 0 aromatic heterocycles. The van der Waals surface area contributed by atoms with Gasteiger partial charge in [-0.15, -0.1) is 0 Å². The first kappa shape index (κ1) is 11.5. The first-order valence-electron chi connectivity index (χ1n) is 6.00. The van der Waals surface area contributed by atoms with Crippen LogP contribution in [0.3, 0.4) is 0 Å². The molecule has 0 saturated heterocycles. The molecule has 1 aliphatic heterocycles. The predicted octanol–water partition coefficient (Wildman–Crippen LogP) is 4.23. The standard InChI is InChI=1S/C15H13ClFN/c16-13-3-6-15-11(8-13)7-12(9-18-15)10-1-4-14(17)5-2-10/h1-6,8,12,18H,7,9H2. The van der Waals surface area contributed by atoms with Gasteiger partial charge < -0.3 is 5.32 Å². The molecular formula is C15H13ClFN. The van der Waals surface area contributed by atoms with Gasteiger partial charge in [-0.05, 0) is 47.9 Å². The van der Waals surface area contributed by atoms with E-state index < -0.39 is 0 Å². The fourth-order valence-corrected chi connectivity index (χ4v) is 2.64. The molecule has 0 aliphatic carbocycles. The highest BCUT2D eigenvalue weighted by Gasteiger charge is 2.19. The third kappa shape index (κ3) is 2.21. The number of anilines is 1. The predicted molar refractivity (Wildman–Crippen MR) is 72.8 cm³/mol. The Morgan fingerprint density at radius 1 is 1.11 bits per heavy atom. The number of fused-ring (bicyclic) bond motifs is 1. The number of halogens is 2. The second-order valence-electron chi connectivity index (χ2n) is 4.63. The molecule has 0 amide bonds. The van der Waals surface area contributed by atoms with Crippen molar-refractivity contribution in [1.29, 1.82) is 0 Å². The van der Waals surface area contributed by atoms with Crippen LogP contribution in [-0.4, -0.2) is 6.54 Å². The molecule has 0 radical (unpaired) electrons. The quantitative estimate of drug-likeness (QED) is 0.810.